The molecule has 0 aliphatic rings. The summed E-state index contributed by atoms with van der Waals surface area (Å²) in [7, 11) is 0. The number of carbonyl (C=O) groups excluding carboxylic acids is 2. The summed E-state index contributed by atoms with van der Waals surface area (Å²) in [4.78, 5) is 20.1. The maximum absolute atomic E-state index is 10.2. The van der Waals surface area contributed by atoms with Gasteiger partial charge in [0.25, 0.3) is 0 Å². The standard InChI is InChI=1S/C5H8O3.Li.H/c1-3-5(7)8-4(2)6;;/h3H2,1-2H3;;/q;+1;-1. The molecule has 0 fully saturated rings. The van der Waals surface area contributed by atoms with Gasteiger partial charge in [0.1, 0.15) is 0 Å². The van der Waals surface area contributed by atoms with Crippen LogP contribution in [0.5, 0.6) is 0 Å². The predicted octanol–water partition coefficient (Wildman–Crippen LogP) is -2.40. The van der Waals surface area contributed by atoms with Gasteiger partial charge in [-0.2, -0.15) is 0 Å². The Hall–Kier alpha value is -0.263. The van der Waals surface area contributed by atoms with Gasteiger partial charge in [0.2, 0.25) is 0 Å². The van der Waals surface area contributed by atoms with Crippen LogP contribution in [0.4, 0.5) is 0 Å². The Bertz CT molecular complexity index is 115. The van der Waals surface area contributed by atoms with Crippen LogP contribution in [-0.4, -0.2) is 11.9 Å². The summed E-state index contributed by atoms with van der Waals surface area (Å²) < 4.78 is 4.12. The summed E-state index contributed by atoms with van der Waals surface area (Å²) in [5, 5.41) is 0. The minimum Gasteiger partial charge on any atom is -1.00 e. The molecule has 0 aromatic rings. The van der Waals surface area contributed by atoms with Gasteiger partial charge in [-0.1, -0.05) is 6.92 Å². The van der Waals surface area contributed by atoms with Gasteiger partial charge in [-0.15, -0.1) is 0 Å². The van der Waals surface area contributed by atoms with E-state index in [9.17, 15) is 9.59 Å². The van der Waals surface area contributed by atoms with Crippen molar-refractivity contribution >= 4 is 11.9 Å². The van der Waals surface area contributed by atoms with Gasteiger partial charge >= 0.3 is 30.8 Å². The number of hydrogen-bond donors (Lipinski definition) is 0. The molecule has 0 bridgehead atoms. The van der Waals surface area contributed by atoms with Crippen molar-refractivity contribution in [3.8, 4) is 0 Å². The van der Waals surface area contributed by atoms with Gasteiger partial charge in [0.15, 0.2) is 0 Å². The molecule has 0 saturated carbocycles. The molecular formula is C5H9LiO3. The first-order valence-corrected chi connectivity index (χ1v) is 2.38. The fourth-order valence-electron chi connectivity index (χ4n) is 0.232. The normalized spacial score (nSPS) is 7.33. The van der Waals surface area contributed by atoms with Crippen LogP contribution in [0.15, 0.2) is 0 Å². The zero-order chi connectivity index (χ0) is 6.57. The number of hydrogen-bond acceptors (Lipinski definition) is 3. The summed E-state index contributed by atoms with van der Waals surface area (Å²) in [6, 6.07) is 0. The summed E-state index contributed by atoms with van der Waals surface area (Å²) in [5.41, 5.74) is 0. The largest absolute Gasteiger partial charge is 1.00 e. The number of ether oxygens (including phenoxy) is 1. The number of rotatable bonds is 1. The molecule has 0 unspecified atom stereocenters. The molecule has 0 heterocycles. The van der Waals surface area contributed by atoms with Crippen molar-refractivity contribution < 1.29 is 34.6 Å². The molecule has 0 aliphatic heterocycles. The maximum Gasteiger partial charge on any atom is 1.00 e. The maximum atomic E-state index is 10.2. The van der Waals surface area contributed by atoms with E-state index in [1.54, 1.807) is 6.92 Å². The van der Waals surface area contributed by atoms with Crippen LogP contribution in [0, 0.1) is 0 Å². The molecule has 0 N–H and O–H groups in total. The van der Waals surface area contributed by atoms with Crippen molar-refractivity contribution in [1.29, 1.82) is 0 Å². The molecule has 0 saturated heterocycles. The van der Waals surface area contributed by atoms with Crippen LogP contribution in [0.1, 0.15) is 21.7 Å². The van der Waals surface area contributed by atoms with Crippen LogP contribution in [0.2, 0.25) is 0 Å². The van der Waals surface area contributed by atoms with E-state index in [1.807, 2.05) is 0 Å². The monoisotopic (exact) mass is 124 g/mol. The van der Waals surface area contributed by atoms with Crippen LogP contribution in [0.3, 0.4) is 0 Å². The molecule has 48 valence electrons. The fraction of sp³-hybridized carbons (Fsp3) is 0.600. The van der Waals surface area contributed by atoms with Crippen molar-refractivity contribution in [2.45, 2.75) is 20.3 Å². The molecule has 0 radical (unpaired) electrons. The van der Waals surface area contributed by atoms with Gasteiger partial charge < -0.3 is 6.16 Å². The molecule has 0 amide bonds. The third kappa shape index (κ3) is 7.74. The molecule has 9 heavy (non-hydrogen) atoms. The Morgan fingerprint density at radius 3 is 2.11 bits per heavy atom. The minimum atomic E-state index is -0.545. The fourth-order valence-corrected chi connectivity index (χ4v) is 0.232. The van der Waals surface area contributed by atoms with Gasteiger partial charge in [-0.25, -0.2) is 0 Å². The third-order valence-corrected chi connectivity index (χ3v) is 0.546. The molecule has 0 spiro atoms. The molecule has 0 atom stereocenters. The van der Waals surface area contributed by atoms with E-state index in [2.05, 4.69) is 4.74 Å². The van der Waals surface area contributed by atoms with Crippen molar-refractivity contribution in [2.24, 2.45) is 0 Å². The Morgan fingerprint density at radius 1 is 1.56 bits per heavy atom. The van der Waals surface area contributed by atoms with Crippen molar-refractivity contribution in [3.05, 3.63) is 0 Å². The van der Waals surface area contributed by atoms with E-state index in [0.717, 1.165) is 0 Å². The first kappa shape index (κ1) is 11.5. The van der Waals surface area contributed by atoms with E-state index >= 15 is 0 Å². The van der Waals surface area contributed by atoms with E-state index < -0.39 is 11.9 Å². The van der Waals surface area contributed by atoms with Crippen LogP contribution >= 0.6 is 0 Å². The topological polar surface area (TPSA) is 43.4 Å². The van der Waals surface area contributed by atoms with E-state index in [4.69, 9.17) is 0 Å². The van der Waals surface area contributed by atoms with Crippen molar-refractivity contribution in [2.75, 3.05) is 0 Å². The molecule has 0 aliphatic carbocycles. The van der Waals surface area contributed by atoms with Crippen LogP contribution in [-0.2, 0) is 14.3 Å². The second-order valence-electron chi connectivity index (χ2n) is 1.32. The zero-order valence-electron chi connectivity index (χ0n) is 6.93. The summed E-state index contributed by atoms with van der Waals surface area (Å²) >= 11 is 0. The first-order valence-electron chi connectivity index (χ1n) is 2.38. The summed E-state index contributed by atoms with van der Waals surface area (Å²) in [6.45, 7) is 2.83. The average molecular weight is 124 g/mol. The molecular weight excluding hydrogens is 115 g/mol. The Kier molecular flexibility index (Phi) is 7.51. The Morgan fingerprint density at radius 2 is 2.00 bits per heavy atom. The van der Waals surface area contributed by atoms with Gasteiger partial charge in [0, 0.05) is 13.3 Å². The van der Waals surface area contributed by atoms with E-state index in [1.165, 1.54) is 6.92 Å². The molecule has 0 aromatic carbocycles. The third-order valence-electron chi connectivity index (χ3n) is 0.546. The second kappa shape index (κ2) is 5.87. The molecule has 0 rings (SSSR count). The van der Waals surface area contributed by atoms with Crippen molar-refractivity contribution in [3.63, 3.8) is 0 Å². The van der Waals surface area contributed by atoms with Gasteiger partial charge in [0.05, 0.1) is 0 Å². The zero-order valence-corrected chi connectivity index (χ0v) is 5.93. The van der Waals surface area contributed by atoms with E-state index in [0.29, 0.717) is 0 Å². The van der Waals surface area contributed by atoms with E-state index in [-0.39, 0.29) is 26.7 Å². The number of esters is 2. The summed E-state index contributed by atoms with van der Waals surface area (Å²) in [6.07, 6.45) is 0.250. The summed E-state index contributed by atoms with van der Waals surface area (Å²) in [5.74, 6) is -1.02. The molecule has 4 heteroatoms. The van der Waals surface area contributed by atoms with Gasteiger partial charge in [-0.05, 0) is 0 Å². The number of carbonyl (C=O) groups is 2. The molecule has 3 nitrogen and oxygen atoms in total. The molecule has 0 aromatic heterocycles. The first-order chi connectivity index (χ1) is 3.66. The van der Waals surface area contributed by atoms with Crippen molar-refractivity contribution in [1.82, 2.24) is 0 Å². The Labute approximate surface area is 67.4 Å². The van der Waals surface area contributed by atoms with Crippen LogP contribution < -0.4 is 18.9 Å². The quantitative estimate of drug-likeness (QED) is 0.222. The second-order valence-corrected chi connectivity index (χ2v) is 1.32. The minimum absolute atomic E-state index is 0. The average Bonchev–Trinajstić information content (AvgIpc) is 1.65. The van der Waals surface area contributed by atoms with Crippen LogP contribution in [0.25, 0.3) is 0 Å². The Balaban J connectivity index is -0.000000245. The predicted molar refractivity (Wildman–Crippen MR) is 28.2 cm³/mol. The SMILES string of the molecule is CCC(=O)OC(C)=O.[H-].[Li+]. The smallest absolute Gasteiger partial charge is 1.00 e. The van der Waals surface area contributed by atoms with Gasteiger partial charge in [-0.3, -0.25) is 9.59 Å².